The van der Waals surface area contributed by atoms with E-state index in [-0.39, 0.29) is 5.69 Å². The molecule has 0 radical (unpaired) electrons. The van der Waals surface area contributed by atoms with Crippen molar-refractivity contribution in [3.05, 3.63) is 41.7 Å². The summed E-state index contributed by atoms with van der Waals surface area (Å²) in [5.74, 6) is -0.230. The number of hydrogen-bond donors (Lipinski definition) is 2. The van der Waals surface area contributed by atoms with Gasteiger partial charge >= 0.3 is 5.97 Å². The van der Waals surface area contributed by atoms with E-state index in [0.717, 1.165) is 11.3 Å². The maximum absolute atomic E-state index is 11.3. The summed E-state index contributed by atoms with van der Waals surface area (Å²) in [5, 5.41) is 16.4. The summed E-state index contributed by atoms with van der Waals surface area (Å²) >= 11 is 0. The normalized spacial score (nSPS) is 10.3. The largest absolute Gasteiger partial charge is 0.496 e. The first-order valence-corrected chi connectivity index (χ1v) is 6.32. The molecule has 2 aromatic rings. The number of carboxylic acid groups (broad SMARTS) is 1. The average molecular weight is 275 g/mol. The van der Waals surface area contributed by atoms with Crippen LogP contribution >= 0.6 is 0 Å². The lowest BCUT2D eigenvalue weighted by atomic mass is 10.2. The standard InChI is InChI=1S/C14H17N3O3/c1-3-17-13(14(18)19)11(9-16-17)15-8-10-6-4-5-7-12(10)20-2/h4-7,9,15H,3,8H2,1-2H3,(H,18,19). The van der Waals surface area contributed by atoms with Crippen molar-refractivity contribution in [3.8, 4) is 5.75 Å². The number of nitrogens with one attached hydrogen (secondary N) is 1. The third kappa shape index (κ3) is 2.74. The highest BCUT2D eigenvalue weighted by Gasteiger charge is 2.16. The van der Waals surface area contributed by atoms with Gasteiger partial charge in [-0.3, -0.25) is 4.68 Å². The molecule has 0 aliphatic carbocycles. The first-order chi connectivity index (χ1) is 9.67. The van der Waals surface area contributed by atoms with Gasteiger partial charge in [0.2, 0.25) is 0 Å². The van der Waals surface area contributed by atoms with Crippen molar-refractivity contribution >= 4 is 11.7 Å². The zero-order valence-corrected chi connectivity index (χ0v) is 11.5. The highest BCUT2D eigenvalue weighted by molar-refractivity contribution is 5.92. The van der Waals surface area contributed by atoms with Crippen LogP contribution in [0.25, 0.3) is 0 Å². The Labute approximate surface area is 117 Å². The van der Waals surface area contributed by atoms with Crippen molar-refractivity contribution in [2.45, 2.75) is 20.0 Å². The van der Waals surface area contributed by atoms with E-state index in [2.05, 4.69) is 10.4 Å². The Hall–Kier alpha value is -2.50. The zero-order valence-electron chi connectivity index (χ0n) is 11.5. The molecule has 0 spiro atoms. The molecular weight excluding hydrogens is 258 g/mol. The Morgan fingerprint density at radius 1 is 1.45 bits per heavy atom. The van der Waals surface area contributed by atoms with Crippen molar-refractivity contribution in [1.29, 1.82) is 0 Å². The first-order valence-electron chi connectivity index (χ1n) is 6.32. The summed E-state index contributed by atoms with van der Waals surface area (Å²) in [6, 6.07) is 7.59. The molecule has 1 aromatic heterocycles. The molecule has 0 fully saturated rings. The van der Waals surface area contributed by atoms with Gasteiger partial charge in [0, 0.05) is 18.7 Å². The number of aryl methyl sites for hydroxylation is 1. The molecular formula is C14H17N3O3. The molecule has 1 heterocycles. The van der Waals surface area contributed by atoms with Gasteiger partial charge in [0.25, 0.3) is 0 Å². The van der Waals surface area contributed by atoms with Crippen molar-refractivity contribution < 1.29 is 14.6 Å². The maximum Gasteiger partial charge on any atom is 0.356 e. The fourth-order valence-corrected chi connectivity index (χ4v) is 2.02. The third-order valence-corrected chi connectivity index (χ3v) is 3.00. The molecule has 2 N–H and O–H groups in total. The fraction of sp³-hybridized carbons (Fsp3) is 0.286. The molecule has 0 bridgehead atoms. The van der Waals surface area contributed by atoms with E-state index in [1.807, 2.05) is 31.2 Å². The quantitative estimate of drug-likeness (QED) is 0.845. The number of benzene rings is 1. The van der Waals surface area contributed by atoms with E-state index in [9.17, 15) is 9.90 Å². The summed E-state index contributed by atoms with van der Waals surface area (Å²) in [7, 11) is 1.61. The Morgan fingerprint density at radius 2 is 2.20 bits per heavy atom. The van der Waals surface area contributed by atoms with Crippen molar-refractivity contribution in [3.63, 3.8) is 0 Å². The van der Waals surface area contributed by atoms with Gasteiger partial charge in [-0.15, -0.1) is 0 Å². The summed E-state index contributed by atoms with van der Waals surface area (Å²) in [4.78, 5) is 11.3. The number of aromatic nitrogens is 2. The van der Waals surface area contributed by atoms with E-state index < -0.39 is 5.97 Å². The van der Waals surface area contributed by atoms with Crippen molar-refractivity contribution in [2.75, 3.05) is 12.4 Å². The van der Waals surface area contributed by atoms with Gasteiger partial charge in [0.15, 0.2) is 5.69 Å². The molecule has 0 atom stereocenters. The fourth-order valence-electron chi connectivity index (χ4n) is 2.02. The van der Waals surface area contributed by atoms with Crippen LogP contribution < -0.4 is 10.1 Å². The van der Waals surface area contributed by atoms with Gasteiger partial charge in [0.1, 0.15) is 5.75 Å². The monoisotopic (exact) mass is 275 g/mol. The third-order valence-electron chi connectivity index (χ3n) is 3.00. The van der Waals surface area contributed by atoms with Gasteiger partial charge < -0.3 is 15.2 Å². The second-order valence-electron chi connectivity index (χ2n) is 4.19. The molecule has 0 amide bonds. The lowest BCUT2D eigenvalue weighted by Gasteiger charge is -2.10. The topological polar surface area (TPSA) is 76.4 Å². The predicted octanol–water partition coefficient (Wildman–Crippen LogP) is 2.22. The van der Waals surface area contributed by atoms with Crippen molar-refractivity contribution in [2.24, 2.45) is 0 Å². The van der Waals surface area contributed by atoms with E-state index in [4.69, 9.17) is 4.74 Å². The van der Waals surface area contributed by atoms with Crippen LogP contribution in [0.4, 0.5) is 5.69 Å². The lowest BCUT2D eigenvalue weighted by molar-refractivity contribution is 0.0684. The van der Waals surface area contributed by atoms with Gasteiger partial charge in [-0.1, -0.05) is 18.2 Å². The van der Waals surface area contributed by atoms with Crippen LogP contribution in [0.5, 0.6) is 5.75 Å². The molecule has 1 aromatic carbocycles. The van der Waals surface area contributed by atoms with Gasteiger partial charge in [-0.05, 0) is 13.0 Å². The van der Waals surface area contributed by atoms with E-state index in [1.54, 1.807) is 7.11 Å². The number of carbonyl (C=O) groups is 1. The van der Waals surface area contributed by atoms with Crippen LogP contribution in [-0.4, -0.2) is 28.0 Å². The Balaban J connectivity index is 2.19. The van der Waals surface area contributed by atoms with Crippen molar-refractivity contribution in [1.82, 2.24) is 9.78 Å². The summed E-state index contributed by atoms with van der Waals surface area (Å²) in [6.07, 6.45) is 1.53. The smallest absolute Gasteiger partial charge is 0.356 e. The molecule has 6 heteroatoms. The molecule has 2 rings (SSSR count). The van der Waals surface area contributed by atoms with E-state index in [1.165, 1.54) is 10.9 Å². The lowest BCUT2D eigenvalue weighted by Crippen LogP contribution is -2.11. The van der Waals surface area contributed by atoms with Gasteiger partial charge in [-0.2, -0.15) is 5.10 Å². The molecule has 0 saturated heterocycles. The maximum atomic E-state index is 11.3. The van der Waals surface area contributed by atoms with Crippen LogP contribution in [-0.2, 0) is 13.1 Å². The molecule has 0 saturated carbocycles. The first kappa shape index (κ1) is 13.9. The predicted molar refractivity (Wildman–Crippen MR) is 75.2 cm³/mol. The average Bonchev–Trinajstić information content (AvgIpc) is 2.88. The minimum Gasteiger partial charge on any atom is -0.496 e. The highest BCUT2D eigenvalue weighted by Crippen LogP contribution is 2.21. The molecule has 0 unspecified atom stereocenters. The number of anilines is 1. The number of carboxylic acids is 1. The molecule has 0 aliphatic rings. The minimum atomic E-state index is -0.994. The number of aromatic carboxylic acids is 1. The SMILES string of the molecule is CCn1ncc(NCc2ccccc2OC)c1C(=O)O. The van der Waals surface area contributed by atoms with E-state index in [0.29, 0.717) is 18.8 Å². The second kappa shape index (κ2) is 6.10. The van der Waals surface area contributed by atoms with E-state index >= 15 is 0 Å². The number of nitrogens with zero attached hydrogens (tertiary/aromatic N) is 2. The number of rotatable bonds is 6. The Kier molecular flexibility index (Phi) is 4.24. The van der Waals surface area contributed by atoms with Crippen LogP contribution in [0.2, 0.25) is 0 Å². The van der Waals surface area contributed by atoms with Gasteiger partial charge in [0.05, 0.1) is 19.0 Å². The zero-order chi connectivity index (χ0) is 14.5. The number of methoxy groups -OCH3 is 1. The van der Waals surface area contributed by atoms with Crippen LogP contribution in [0.3, 0.4) is 0 Å². The number of hydrogen-bond acceptors (Lipinski definition) is 4. The Bertz CT molecular complexity index is 607. The number of para-hydroxylation sites is 1. The Morgan fingerprint density at radius 3 is 2.85 bits per heavy atom. The van der Waals surface area contributed by atoms with Crippen LogP contribution in [0.1, 0.15) is 23.0 Å². The molecule has 106 valence electrons. The summed E-state index contributed by atoms with van der Waals surface area (Å²) in [5.41, 5.74) is 1.63. The molecule has 6 nitrogen and oxygen atoms in total. The highest BCUT2D eigenvalue weighted by atomic mass is 16.5. The minimum absolute atomic E-state index is 0.169. The van der Waals surface area contributed by atoms with Gasteiger partial charge in [-0.25, -0.2) is 4.79 Å². The second-order valence-corrected chi connectivity index (χ2v) is 4.19. The van der Waals surface area contributed by atoms with Crippen LogP contribution in [0.15, 0.2) is 30.5 Å². The summed E-state index contributed by atoms with van der Waals surface area (Å²) < 4.78 is 6.71. The molecule has 0 aliphatic heterocycles. The van der Waals surface area contributed by atoms with Crippen LogP contribution in [0, 0.1) is 0 Å². The summed E-state index contributed by atoms with van der Waals surface area (Å²) in [6.45, 7) is 2.83. The number of ether oxygens (including phenoxy) is 1. The molecule has 20 heavy (non-hydrogen) atoms.